The van der Waals surface area contributed by atoms with Gasteiger partial charge in [-0.05, 0) is 24.8 Å². The number of aliphatic carboxylic acids is 1. The molecule has 5 heteroatoms. The van der Waals surface area contributed by atoms with Gasteiger partial charge in [0.15, 0.2) is 0 Å². The van der Waals surface area contributed by atoms with Crippen LogP contribution in [-0.2, 0) is 14.3 Å². The number of ether oxygens (including phenoxy) is 1. The molecule has 0 radical (unpaired) electrons. The van der Waals surface area contributed by atoms with Crippen LogP contribution >= 0.6 is 0 Å². The summed E-state index contributed by atoms with van der Waals surface area (Å²) < 4.78 is 5.81. The van der Waals surface area contributed by atoms with Gasteiger partial charge in [0.25, 0.3) is 0 Å². The third-order valence-corrected chi connectivity index (χ3v) is 5.17. The Balaban J connectivity index is 1.53. The zero-order chi connectivity index (χ0) is 16.3. The van der Waals surface area contributed by atoms with E-state index in [0.29, 0.717) is 26.0 Å². The highest BCUT2D eigenvalue weighted by Gasteiger charge is 2.46. The van der Waals surface area contributed by atoms with Gasteiger partial charge in [0.2, 0.25) is 5.91 Å². The van der Waals surface area contributed by atoms with Crippen LogP contribution in [0.4, 0.5) is 0 Å². The highest BCUT2D eigenvalue weighted by molar-refractivity contribution is 5.85. The first kappa shape index (κ1) is 16.0. The fourth-order valence-corrected chi connectivity index (χ4v) is 3.54. The molecule has 124 valence electrons. The Bertz CT molecular complexity index is 568. The van der Waals surface area contributed by atoms with Gasteiger partial charge in [0.05, 0.1) is 11.5 Å². The minimum absolute atomic E-state index is 0.00800. The molecule has 0 bridgehead atoms. The van der Waals surface area contributed by atoms with E-state index in [1.165, 1.54) is 0 Å². The lowest BCUT2D eigenvalue weighted by molar-refractivity contribution is -0.157. The molecular weight excluding hydrogens is 294 g/mol. The maximum atomic E-state index is 12.1. The second-order valence-electron chi connectivity index (χ2n) is 6.67. The van der Waals surface area contributed by atoms with Gasteiger partial charge in [-0.2, -0.15) is 0 Å². The summed E-state index contributed by atoms with van der Waals surface area (Å²) in [4.78, 5) is 23.5. The number of carboxylic acid groups (broad SMARTS) is 1. The maximum absolute atomic E-state index is 12.1. The molecule has 1 heterocycles. The molecule has 1 amide bonds. The van der Waals surface area contributed by atoms with Crippen molar-refractivity contribution in [3.8, 4) is 0 Å². The quantitative estimate of drug-likeness (QED) is 0.845. The first-order chi connectivity index (χ1) is 11.1. The largest absolute Gasteiger partial charge is 0.481 e. The fraction of sp³-hybridized carbons (Fsp3) is 0.556. The molecule has 2 atom stereocenters. The first-order valence-corrected chi connectivity index (χ1v) is 8.27. The molecule has 1 aromatic rings. The number of carboxylic acids is 1. The molecule has 1 saturated carbocycles. The van der Waals surface area contributed by atoms with Gasteiger partial charge in [0, 0.05) is 25.5 Å². The van der Waals surface area contributed by atoms with Crippen LogP contribution < -0.4 is 5.32 Å². The van der Waals surface area contributed by atoms with E-state index >= 15 is 0 Å². The number of rotatable bonds is 6. The van der Waals surface area contributed by atoms with Crippen LogP contribution in [0.25, 0.3) is 0 Å². The number of carbonyl (C=O) groups excluding carboxylic acids is 1. The topological polar surface area (TPSA) is 75.6 Å². The molecule has 2 fully saturated rings. The van der Waals surface area contributed by atoms with E-state index in [0.717, 1.165) is 18.4 Å². The van der Waals surface area contributed by atoms with E-state index < -0.39 is 11.4 Å². The van der Waals surface area contributed by atoms with Crippen molar-refractivity contribution in [1.29, 1.82) is 0 Å². The van der Waals surface area contributed by atoms with Crippen molar-refractivity contribution in [2.45, 2.75) is 38.2 Å². The average Bonchev–Trinajstić information content (AvgIpc) is 2.98. The molecule has 1 saturated heterocycles. The van der Waals surface area contributed by atoms with Gasteiger partial charge in [-0.3, -0.25) is 9.59 Å². The number of nitrogens with one attached hydrogen (secondary N) is 1. The number of hydrogen-bond donors (Lipinski definition) is 2. The van der Waals surface area contributed by atoms with Gasteiger partial charge >= 0.3 is 5.97 Å². The van der Waals surface area contributed by atoms with Crippen LogP contribution in [0.3, 0.4) is 0 Å². The Kier molecular flexibility index (Phi) is 4.66. The lowest BCUT2D eigenvalue weighted by Crippen LogP contribution is -2.43. The zero-order valence-electron chi connectivity index (χ0n) is 13.2. The summed E-state index contributed by atoms with van der Waals surface area (Å²) in [6.45, 7) is 1.23. The molecule has 2 N–H and O–H groups in total. The van der Waals surface area contributed by atoms with Crippen molar-refractivity contribution in [1.82, 2.24) is 5.32 Å². The normalized spacial score (nSPS) is 25.6. The van der Waals surface area contributed by atoms with E-state index in [4.69, 9.17) is 4.74 Å². The van der Waals surface area contributed by atoms with Crippen LogP contribution in [0.5, 0.6) is 0 Å². The Morgan fingerprint density at radius 2 is 2.00 bits per heavy atom. The van der Waals surface area contributed by atoms with Gasteiger partial charge in [-0.1, -0.05) is 36.8 Å². The predicted molar refractivity (Wildman–Crippen MR) is 84.8 cm³/mol. The van der Waals surface area contributed by atoms with Crippen LogP contribution in [0.1, 0.15) is 43.8 Å². The minimum Gasteiger partial charge on any atom is -0.481 e. The smallest absolute Gasteiger partial charge is 0.310 e. The summed E-state index contributed by atoms with van der Waals surface area (Å²) in [5, 5.41) is 12.2. The van der Waals surface area contributed by atoms with E-state index in [1.807, 2.05) is 30.3 Å². The lowest BCUT2D eigenvalue weighted by atomic mass is 9.66. The van der Waals surface area contributed by atoms with Crippen molar-refractivity contribution in [2.75, 3.05) is 13.2 Å². The monoisotopic (exact) mass is 317 g/mol. The molecule has 0 unspecified atom stereocenters. The highest BCUT2D eigenvalue weighted by atomic mass is 16.5. The van der Waals surface area contributed by atoms with Crippen molar-refractivity contribution < 1.29 is 19.4 Å². The fourth-order valence-electron chi connectivity index (χ4n) is 3.54. The van der Waals surface area contributed by atoms with E-state index in [2.05, 4.69) is 5.32 Å². The van der Waals surface area contributed by atoms with Gasteiger partial charge in [0.1, 0.15) is 0 Å². The highest BCUT2D eigenvalue weighted by Crippen LogP contribution is 2.44. The van der Waals surface area contributed by atoms with E-state index in [9.17, 15) is 14.7 Å². The number of carbonyl (C=O) groups is 2. The van der Waals surface area contributed by atoms with Crippen LogP contribution in [-0.4, -0.2) is 30.1 Å². The number of amides is 1. The van der Waals surface area contributed by atoms with Crippen LogP contribution in [0.15, 0.2) is 30.3 Å². The van der Waals surface area contributed by atoms with Gasteiger partial charge in [-0.15, -0.1) is 0 Å². The second-order valence-corrected chi connectivity index (χ2v) is 6.67. The third kappa shape index (κ3) is 3.39. The maximum Gasteiger partial charge on any atom is 0.310 e. The van der Waals surface area contributed by atoms with E-state index in [-0.39, 0.29) is 24.3 Å². The summed E-state index contributed by atoms with van der Waals surface area (Å²) in [5.74, 6) is -0.764. The zero-order valence-corrected chi connectivity index (χ0v) is 13.2. The summed E-state index contributed by atoms with van der Waals surface area (Å²) >= 11 is 0. The summed E-state index contributed by atoms with van der Waals surface area (Å²) in [6.07, 6.45) is 3.11. The first-order valence-electron chi connectivity index (χ1n) is 8.27. The van der Waals surface area contributed by atoms with Crippen molar-refractivity contribution in [3.05, 3.63) is 35.9 Å². The van der Waals surface area contributed by atoms with Gasteiger partial charge < -0.3 is 15.2 Å². The molecule has 5 nitrogen and oxygen atoms in total. The molecule has 0 spiro atoms. The lowest BCUT2D eigenvalue weighted by Gasteiger charge is -2.37. The third-order valence-electron chi connectivity index (χ3n) is 5.17. The van der Waals surface area contributed by atoms with Gasteiger partial charge in [-0.25, -0.2) is 0 Å². The Labute approximate surface area is 136 Å². The predicted octanol–water partition coefficient (Wildman–Crippen LogP) is 2.53. The van der Waals surface area contributed by atoms with Crippen LogP contribution in [0.2, 0.25) is 0 Å². The van der Waals surface area contributed by atoms with Crippen molar-refractivity contribution in [2.24, 2.45) is 11.3 Å². The molecule has 0 aromatic heterocycles. The molecule has 1 aromatic carbocycles. The average molecular weight is 317 g/mol. The molecule has 1 aliphatic carbocycles. The van der Waals surface area contributed by atoms with Crippen molar-refractivity contribution in [3.63, 3.8) is 0 Å². The second kappa shape index (κ2) is 6.71. The van der Waals surface area contributed by atoms with Crippen LogP contribution in [0, 0.1) is 11.3 Å². The molecule has 23 heavy (non-hydrogen) atoms. The molecule has 1 aliphatic heterocycles. The number of hydrogen-bond acceptors (Lipinski definition) is 3. The Morgan fingerprint density at radius 1 is 1.26 bits per heavy atom. The summed E-state index contributed by atoms with van der Waals surface area (Å²) in [5.41, 5.74) is 0.306. The van der Waals surface area contributed by atoms with E-state index in [1.54, 1.807) is 0 Å². The SMILES string of the molecule is O=C(CC1(C(=O)O)CCC1)NC[C@H]1CCO[C@@H]1c1ccccc1. The Morgan fingerprint density at radius 3 is 2.61 bits per heavy atom. The Hall–Kier alpha value is -1.88. The summed E-state index contributed by atoms with van der Waals surface area (Å²) in [7, 11) is 0. The summed E-state index contributed by atoms with van der Waals surface area (Å²) in [6, 6.07) is 10.0. The molecular formula is C18H23NO4. The molecule has 2 aliphatic rings. The molecule has 3 rings (SSSR count). The minimum atomic E-state index is -0.842. The number of benzene rings is 1. The van der Waals surface area contributed by atoms with Crippen molar-refractivity contribution >= 4 is 11.9 Å². The standard InChI is InChI=1S/C18H23NO4/c20-15(11-18(17(21)22)8-4-9-18)19-12-14-7-10-23-16(14)13-5-2-1-3-6-13/h1-3,5-6,14,16H,4,7-12H2,(H,19,20)(H,21,22)/t14-,16-/m1/s1.